The van der Waals surface area contributed by atoms with Gasteiger partial charge >= 0.3 is 0 Å². The number of piperidine rings is 1. The van der Waals surface area contributed by atoms with Gasteiger partial charge in [0.05, 0.1) is 0 Å². The van der Waals surface area contributed by atoms with Crippen molar-refractivity contribution in [3.8, 4) is 11.4 Å². The van der Waals surface area contributed by atoms with E-state index in [-0.39, 0.29) is 11.8 Å². The van der Waals surface area contributed by atoms with E-state index in [2.05, 4.69) is 15.1 Å². The molecule has 32 heavy (non-hydrogen) atoms. The quantitative estimate of drug-likeness (QED) is 0.693. The summed E-state index contributed by atoms with van der Waals surface area (Å²) in [6, 6.07) is 8.12. The van der Waals surface area contributed by atoms with Gasteiger partial charge in [-0.05, 0) is 44.8 Å². The molecule has 0 radical (unpaired) electrons. The number of aromatic nitrogens is 3. The second-order valence-corrected chi connectivity index (χ2v) is 9.40. The van der Waals surface area contributed by atoms with Crippen molar-refractivity contribution in [3.63, 3.8) is 0 Å². The van der Waals surface area contributed by atoms with E-state index in [1.807, 2.05) is 40.7 Å². The lowest BCUT2D eigenvalue weighted by molar-refractivity contribution is -0.140. The molecule has 2 aliphatic heterocycles. The zero-order valence-corrected chi connectivity index (χ0v) is 19.7. The van der Waals surface area contributed by atoms with Gasteiger partial charge in [-0.15, -0.1) is 0 Å². The summed E-state index contributed by atoms with van der Waals surface area (Å²) < 4.78 is 2.42. The molecule has 2 saturated heterocycles. The number of hydrogen-bond acceptors (Lipinski definition) is 4. The van der Waals surface area contributed by atoms with Crippen LogP contribution in [0.4, 0.5) is 0 Å². The van der Waals surface area contributed by atoms with Crippen LogP contribution in [0.3, 0.4) is 0 Å². The fourth-order valence-electron chi connectivity index (χ4n) is 4.74. The summed E-state index contributed by atoms with van der Waals surface area (Å²) in [5.41, 5.74) is 2.16. The first-order valence-electron chi connectivity index (χ1n) is 11.8. The number of benzene rings is 1. The summed E-state index contributed by atoms with van der Waals surface area (Å²) in [4.78, 5) is 29.7. The molecule has 4 rings (SSSR count). The van der Waals surface area contributed by atoms with Crippen LogP contribution < -0.4 is 0 Å². The molecule has 8 heteroatoms. The maximum Gasteiger partial charge on any atom is 0.225 e. The number of carbonyl (C=O) groups is 2. The van der Waals surface area contributed by atoms with Crippen molar-refractivity contribution < 1.29 is 9.59 Å². The average Bonchev–Trinajstić information content (AvgIpc) is 3.00. The first-order valence-corrected chi connectivity index (χ1v) is 12.2. The molecular weight excluding hydrogens is 422 g/mol. The molecule has 0 bridgehead atoms. The molecule has 1 aromatic carbocycles. The van der Waals surface area contributed by atoms with E-state index in [1.165, 1.54) is 18.4 Å². The van der Waals surface area contributed by atoms with Crippen molar-refractivity contribution in [1.82, 2.24) is 24.6 Å². The first-order chi connectivity index (χ1) is 15.5. The predicted molar refractivity (Wildman–Crippen MR) is 127 cm³/mol. The Morgan fingerprint density at radius 2 is 1.66 bits per heavy atom. The van der Waals surface area contributed by atoms with Crippen molar-refractivity contribution in [3.05, 3.63) is 34.6 Å². The molecule has 0 unspecified atom stereocenters. The Morgan fingerprint density at radius 1 is 1.00 bits per heavy atom. The molecule has 2 amide bonds. The largest absolute Gasteiger partial charge is 0.343 e. The Morgan fingerprint density at radius 3 is 2.31 bits per heavy atom. The lowest BCUT2D eigenvalue weighted by atomic mass is 9.95. The summed E-state index contributed by atoms with van der Waals surface area (Å²) in [7, 11) is 0. The van der Waals surface area contributed by atoms with E-state index in [1.54, 1.807) is 0 Å². The molecule has 1 aromatic heterocycles. The van der Waals surface area contributed by atoms with Gasteiger partial charge in [-0.2, -0.15) is 5.10 Å². The molecule has 1 N–H and O–H groups in total. The zero-order chi connectivity index (χ0) is 22.5. The van der Waals surface area contributed by atoms with Gasteiger partial charge in [-0.3, -0.25) is 19.3 Å². The zero-order valence-electron chi connectivity index (χ0n) is 18.9. The highest BCUT2D eigenvalue weighted by molar-refractivity contribution is 7.71. The van der Waals surface area contributed by atoms with Crippen LogP contribution in [0.5, 0.6) is 0 Å². The smallest absolute Gasteiger partial charge is 0.225 e. The van der Waals surface area contributed by atoms with Crippen LogP contribution >= 0.6 is 12.2 Å². The van der Waals surface area contributed by atoms with Crippen LogP contribution in [-0.2, 0) is 16.1 Å². The normalized spacial score (nSPS) is 17.9. The van der Waals surface area contributed by atoms with E-state index in [0.717, 1.165) is 50.2 Å². The molecule has 0 saturated carbocycles. The van der Waals surface area contributed by atoms with Gasteiger partial charge in [-0.1, -0.05) is 42.7 Å². The van der Waals surface area contributed by atoms with Crippen molar-refractivity contribution in [2.45, 2.75) is 58.4 Å². The van der Waals surface area contributed by atoms with Crippen molar-refractivity contribution in [2.75, 3.05) is 26.2 Å². The van der Waals surface area contributed by atoms with Crippen molar-refractivity contribution >= 4 is 24.0 Å². The van der Waals surface area contributed by atoms with Crippen LogP contribution in [-0.4, -0.2) is 62.6 Å². The molecule has 2 aliphatic rings. The van der Waals surface area contributed by atoms with Crippen LogP contribution in [0.2, 0.25) is 0 Å². The number of hydrogen-bond donors (Lipinski definition) is 1. The molecule has 0 spiro atoms. The van der Waals surface area contributed by atoms with Gasteiger partial charge in [-0.25, -0.2) is 0 Å². The van der Waals surface area contributed by atoms with E-state index >= 15 is 0 Å². The fraction of sp³-hybridized carbons (Fsp3) is 0.583. The highest BCUT2D eigenvalue weighted by atomic mass is 32.1. The Kier molecular flexibility index (Phi) is 7.40. The SMILES string of the molecule is Cc1ccc(-c2n[nH]c(=S)n2CCC(=O)N2CCC(C(=O)N3CCCCCC3)CC2)cc1. The summed E-state index contributed by atoms with van der Waals surface area (Å²) >= 11 is 5.40. The number of carbonyl (C=O) groups excluding carboxylic acids is 2. The number of likely N-dealkylation sites (tertiary alicyclic amines) is 2. The highest BCUT2D eigenvalue weighted by Gasteiger charge is 2.30. The summed E-state index contributed by atoms with van der Waals surface area (Å²) in [5.74, 6) is 1.23. The maximum absolute atomic E-state index is 12.9. The number of aryl methyl sites for hydroxylation is 1. The van der Waals surface area contributed by atoms with Crippen LogP contribution in [0.1, 0.15) is 50.5 Å². The van der Waals surface area contributed by atoms with Gasteiger partial charge in [0.25, 0.3) is 0 Å². The highest BCUT2D eigenvalue weighted by Crippen LogP contribution is 2.23. The number of rotatable bonds is 5. The minimum Gasteiger partial charge on any atom is -0.343 e. The molecule has 2 fully saturated rings. The molecule has 2 aromatic rings. The fourth-order valence-corrected chi connectivity index (χ4v) is 4.96. The Bertz CT molecular complexity index is 981. The number of H-pyrrole nitrogens is 1. The third-order valence-corrected chi connectivity index (χ3v) is 7.04. The third kappa shape index (κ3) is 5.28. The molecule has 0 aliphatic carbocycles. The van der Waals surface area contributed by atoms with E-state index in [9.17, 15) is 9.59 Å². The van der Waals surface area contributed by atoms with Gasteiger partial charge < -0.3 is 9.80 Å². The molecule has 172 valence electrons. The number of nitrogens with one attached hydrogen (secondary N) is 1. The monoisotopic (exact) mass is 455 g/mol. The minimum absolute atomic E-state index is 0.0628. The van der Waals surface area contributed by atoms with Gasteiger partial charge in [0, 0.05) is 50.6 Å². The number of amides is 2. The van der Waals surface area contributed by atoms with Crippen LogP contribution in [0.25, 0.3) is 11.4 Å². The van der Waals surface area contributed by atoms with Crippen molar-refractivity contribution in [1.29, 1.82) is 0 Å². The van der Waals surface area contributed by atoms with Crippen molar-refractivity contribution in [2.24, 2.45) is 5.92 Å². The first kappa shape index (κ1) is 22.7. The second kappa shape index (κ2) is 10.4. The number of aromatic amines is 1. The summed E-state index contributed by atoms with van der Waals surface area (Å²) in [6.45, 7) is 5.64. The average molecular weight is 456 g/mol. The van der Waals surface area contributed by atoms with Gasteiger partial charge in [0.2, 0.25) is 11.8 Å². The summed E-state index contributed by atoms with van der Waals surface area (Å²) in [6.07, 6.45) is 6.58. The lowest BCUT2D eigenvalue weighted by Crippen LogP contribution is -2.44. The molecule has 7 nitrogen and oxygen atoms in total. The topological polar surface area (TPSA) is 74.2 Å². The third-order valence-electron chi connectivity index (χ3n) is 6.73. The second-order valence-electron chi connectivity index (χ2n) is 9.01. The van der Waals surface area contributed by atoms with Gasteiger partial charge in [0.15, 0.2) is 10.6 Å². The maximum atomic E-state index is 12.9. The van der Waals surface area contributed by atoms with Crippen LogP contribution in [0.15, 0.2) is 24.3 Å². The molecular formula is C24H33N5O2S. The van der Waals surface area contributed by atoms with Gasteiger partial charge in [0.1, 0.15) is 0 Å². The molecule has 0 atom stereocenters. The minimum atomic E-state index is 0.0628. The standard InChI is InChI=1S/C24H33N5O2S/c1-18-6-8-19(9-7-18)22-25-26-24(32)29(22)17-12-21(30)27-15-10-20(11-16-27)23(31)28-13-4-2-3-5-14-28/h6-9,20H,2-5,10-17H2,1H3,(H,26,32). The van der Waals surface area contributed by atoms with E-state index in [0.29, 0.717) is 36.7 Å². The Balaban J connectivity index is 1.30. The Hall–Kier alpha value is -2.48. The van der Waals surface area contributed by atoms with E-state index < -0.39 is 0 Å². The van der Waals surface area contributed by atoms with Crippen LogP contribution in [0, 0.1) is 17.6 Å². The van der Waals surface area contributed by atoms with E-state index in [4.69, 9.17) is 12.2 Å². The molecule has 3 heterocycles. The predicted octanol–water partition coefficient (Wildman–Crippen LogP) is 3.95. The lowest BCUT2D eigenvalue weighted by Gasteiger charge is -2.34. The Labute approximate surface area is 194 Å². The summed E-state index contributed by atoms with van der Waals surface area (Å²) in [5, 5.41) is 7.22. The number of nitrogens with zero attached hydrogens (tertiary/aromatic N) is 4.